The van der Waals surface area contributed by atoms with E-state index in [1.165, 1.54) is 64.2 Å². The summed E-state index contributed by atoms with van der Waals surface area (Å²) in [7, 11) is 0. The van der Waals surface area contributed by atoms with Gasteiger partial charge in [0.25, 0.3) is 0 Å². The van der Waals surface area contributed by atoms with Gasteiger partial charge in [0.1, 0.15) is 0 Å². The lowest BCUT2D eigenvalue weighted by Crippen LogP contribution is -2.18. The minimum absolute atomic E-state index is 0.521. The van der Waals surface area contributed by atoms with Crippen LogP contribution in [0.5, 0.6) is 0 Å². The predicted octanol–water partition coefficient (Wildman–Crippen LogP) is 7.00. The first-order valence-corrected chi connectivity index (χ1v) is 9.05. The fourth-order valence-corrected chi connectivity index (χ4v) is 3.97. The molecule has 0 heteroatoms. The van der Waals surface area contributed by atoms with Gasteiger partial charge in [-0.1, -0.05) is 72.3 Å². The maximum Gasteiger partial charge on any atom is -0.0234 e. The van der Waals surface area contributed by atoms with Crippen molar-refractivity contribution in [2.75, 3.05) is 0 Å². The average Bonchev–Trinajstić information content (AvgIpc) is 2.62. The van der Waals surface area contributed by atoms with Gasteiger partial charge in [0, 0.05) is 0 Å². The highest BCUT2D eigenvalue weighted by molar-refractivity contribution is 4.83. The van der Waals surface area contributed by atoms with Crippen LogP contribution >= 0.6 is 0 Å². The summed E-state index contributed by atoms with van der Waals surface area (Å²) >= 11 is 0. The molecule has 0 heterocycles. The molecule has 1 aliphatic rings. The Bertz CT molecular complexity index is 253. The molecule has 0 amide bonds. The van der Waals surface area contributed by atoms with Crippen molar-refractivity contribution >= 4 is 0 Å². The summed E-state index contributed by atoms with van der Waals surface area (Å²) < 4.78 is 0. The van der Waals surface area contributed by atoms with Crippen molar-refractivity contribution < 1.29 is 0 Å². The van der Waals surface area contributed by atoms with E-state index in [9.17, 15) is 0 Å². The van der Waals surface area contributed by atoms with Gasteiger partial charge in [-0.25, -0.2) is 0 Å². The van der Waals surface area contributed by atoms with Crippen LogP contribution in [0.3, 0.4) is 0 Å². The van der Waals surface area contributed by atoms with Crippen molar-refractivity contribution in [2.45, 2.75) is 91.9 Å². The van der Waals surface area contributed by atoms with E-state index >= 15 is 0 Å². The second-order valence-electron chi connectivity index (χ2n) is 8.39. The molecule has 1 atom stereocenters. The summed E-state index contributed by atoms with van der Waals surface area (Å²) in [5.41, 5.74) is 0.521. The van der Waals surface area contributed by atoms with Crippen LogP contribution in [0.1, 0.15) is 91.9 Å². The second-order valence-corrected chi connectivity index (χ2v) is 8.39. The Hall–Kier alpha value is -0.260. The standard InChI is InChI=1S/C20H38/c1-6-18(15-17(2)3)13-14-20(4,5)16-19-11-9-7-8-10-12-19/h6,17-19H,1,7-16H2,2-5H3. The van der Waals surface area contributed by atoms with E-state index in [2.05, 4.69) is 40.3 Å². The summed E-state index contributed by atoms with van der Waals surface area (Å²) in [4.78, 5) is 0. The van der Waals surface area contributed by atoms with Gasteiger partial charge in [0.2, 0.25) is 0 Å². The molecule has 0 aromatic rings. The summed E-state index contributed by atoms with van der Waals surface area (Å²) in [5.74, 6) is 2.52. The van der Waals surface area contributed by atoms with Gasteiger partial charge >= 0.3 is 0 Å². The molecule has 1 saturated carbocycles. The van der Waals surface area contributed by atoms with E-state index in [-0.39, 0.29) is 0 Å². The fraction of sp³-hybridized carbons (Fsp3) is 0.900. The summed E-state index contributed by atoms with van der Waals surface area (Å²) in [6, 6.07) is 0. The van der Waals surface area contributed by atoms with Crippen LogP contribution < -0.4 is 0 Å². The molecule has 1 fully saturated rings. The lowest BCUT2D eigenvalue weighted by Gasteiger charge is -2.31. The molecular formula is C20H38. The van der Waals surface area contributed by atoms with Gasteiger partial charge in [-0.2, -0.15) is 0 Å². The van der Waals surface area contributed by atoms with Crippen molar-refractivity contribution in [1.29, 1.82) is 0 Å². The molecule has 0 nitrogen and oxygen atoms in total. The topological polar surface area (TPSA) is 0 Å². The molecule has 118 valence electrons. The van der Waals surface area contributed by atoms with Crippen LogP contribution in [-0.2, 0) is 0 Å². The molecule has 0 spiro atoms. The lowest BCUT2D eigenvalue weighted by atomic mass is 9.75. The minimum Gasteiger partial charge on any atom is -0.103 e. The molecule has 0 radical (unpaired) electrons. The monoisotopic (exact) mass is 278 g/mol. The number of rotatable bonds is 8. The first-order valence-electron chi connectivity index (χ1n) is 9.05. The Morgan fingerprint density at radius 1 is 1.10 bits per heavy atom. The third kappa shape index (κ3) is 7.50. The molecule has 1 aliphatic carbocycles. The van der Waals surface area contributed by atoms with Crippen LogP contribution in [-0.4, -0.2) is 0 Å². The van der Waals surface area contributed by atoms with Crippen molar-refractivity contribution in [3.8, 4) is 0 Å². The van der Waals surface area contributed by atoms with Crippen molar-refractivity contribution in [1.82, 2.24) is 0 Å². The van der Waals surface area contributed by atoms with E-state index in [0.29, 0.717) is 5.41 Å². The fourth-order valence-electron chi connectivity index (χ4n) is 3.97. The molecule has 1 unspecified atom stereocenters. The summed E-state index contributed by atoms with van der Waals surface area (Å²) in [6.07, 6.45) is 16.5. The van der Waals surface area contributed by atoms with Crippen molar-refractivity contribution in [3.63, 3.8) is 0 Å². The highest BCUT2D eigenvalue weighted by Gasteiger charge is 2.24. The predicted molar refractivity (Wildman–Crippen MR) is 92.0 cm³/mol. The maximum absolute atomic E-state index is 4.04. The zero-order valence-electron chi connectivity index (χ0n) is 14.6. The first kappa shape index (κ1) is 17.8. The average molecular weight is 279 g/mol. The Balaban J connectivity index is 2.36. The van der Waals surface area contributed by atoms with E-state index < -0.39 is 0 Å². The van der Waals surface area contributed by atoms with Gasteiger partial charge in [0.15, 0.2) is 0 Å². The number of allylic oxidation sites excluding steroid dienone is 1. The Labute approximate surface area is 128 Å². The van der Waals surface area contributed by atoms with Gasteiger partial charge in [-0.05, 0) is 48.9 Å². The van der Waals surface area contributed by atoms with Crippen LogP contribution in [0.2, 0.25) is 0 Å². The molecular weight excluding hydrogens is 240 g/mol. The molecule has 0 bridgehead atoms. The number of hydrogen-bond donors (Lipinski definition) is 0. The normalized spacial score (nSPS) is 19.9. The van der Waals surface area contributed by atoms with E-state index in [1.54, 1.807) is 0 Å². The van der Waals surface area contributed by atoms with Crippen LogP contribution in [0.15, 0.2) is 12.7 Å². The highest BCUT2D eigenvalue weighted by Crippen LogP contribution is 2.38. The molecule has 0 aromatic carbocycles. The van der Waals surface area contributed by atoms with E-state index in [4.69, 9.17) is 0 Å². The lowest BCUT2D eigenvalue weighted by molar-refractivity contribution is 0.216. The maximum atomic E-state index is 4.04. The number of hydrogen-bond acceptors (Lipinski definition) is 0. The van der Waals surface area contributed by atoms with Crippen LogP contribution in [0, 0.1) is 23.2 Å². The van der Waals surface area contributed by atoms with Crippen molar-refractivity contribution in [3.05, 3.63) is 12.7 Å². The van der Waals surface area contributed by atoms with E-state index in [1.807, 2.05) is 0 Å². The minimum atomic E-state index is 0.521. The quantitative estimate of drug-likeness (QED) is 0.331. The largest absolute Gasteiger partial charge is 0.103 e. The first-order chi connectivity index (χ1) is 9.43. The van der Waals surface area contributed by atoms with Crippen LogP contribution in [0.25, 0.3) is 0 Å². The highest BCUT2D eigenvalue weighted by atomic mass is 14.3. The second kappa shape index (κ2) is 8.90. The third-order valence-electron chi connectivity index (χ3n) is 5.12. The zero-order chi connectivity index (χ0) is 15.0. The van der Waals surface area contributed by atoms with Gasteiger partial charge in [-0.3, -0.25) is 0 Å². The van der Waals surface area contributed by atoms with E-state index in [0.717, 1.165) is 17.8 Å². The summed E-state index contributed by atoms with van der Waals surface area (Å²) in [5, 5.41) is 0. The molecule has 0 aliphatic heterocycles. The molecule has 0 N–H and O–H groups in total. The molecule has 0 saturated heterocycles. The Kier molecular flexibility index (Phi) is 7.92. The van der Waals surface area contributed by atoms with Gasteiger partial charge in [-0.15, -0.1) is 6.58 Å². The van der Waals surface area contributed by atoms with Gasteiger partial charge < -0.3 is 0 Å². The summed E-state index contributed by atoms with van der Waals surface area (Å²) in [6.45, 7) is 13.7. The van der Waals surface area contributed by atoms with Crippen LogP contribution in [0.4, 0.5) is 0 Å². The smallest absolute Gasteiger partial charge is 0.0234 e. The van der Waals surface area contributed by atoms with Gasteiger partial charge in [0.05, 0.1) is 0 Å². The molecule has 1 rings (SSSR count). The van der Waals surface area contributed by atoms with Crippen molar-refractivity contribution in [2.24, 2.45) is 23.2 Å². The Morgan fingerprint density at radius 2 is 1.70 bits per heavy atom. The molecule has 0 aromatic heterocycles. The third-order valence-corrected chi connectivity index (χ3v) is 5.12. The SMILES string of the molecule is C=CC(CCC(C)(C)CC1CCCCCC1)CC(C)C. The molecule has 20 heavy (non-hydrogen) atoms. The Morgan fingerprint density at radius 3 is 2.20 bits per heavy atom. The zero-order valence-corrected chi connectivity index (χ0v) is 14.6.